The Kier molecular flexibility index (Phi) is 3.35. The minimum atomic E-state index is -4.32. The van der Waals surface area contributed by atoms with Crippen LogP contribution >= 0.6 is 0 Å². The summed E-state index contributed by atoms with van der Waals surface area (Å²) in [5.41, 5.74) is 4.61. The summed E-state index contributed by atoms with van der Waals surface area (Å²) >= 11 is 0. The molecule has 1 aromatic carbocycles. The summed E-state index contributed by atoms with van der Waals surface area (Å²) in [6.45, 7) is 0.624. The highest BCUT2D eigenvalue weighted by Gasteiger charge is 2.32. The maximum Gasteiger partial charge on any atom is 0.418 e. The van der Waals surface area contributed by atoms with Gasteiger partial charge in [0.25, 0.3) is 0 Å². The van der Waals surface area contributed by atoms with E-state index in [9.17, 15) is 13.2 Å². The Morgan fingerprint density at radius 2 is 1.86 bits per heavy atom. The fourth-order valence-electron chi connectivity index (χ4n) is 1.09. The fraction of sp³-hybridized carbons (Fsp3) is 0.333. The fourth-order valence-corrected chi connectivity index (χ4v) is 1.09. The molecule has 0 aliphatic rings. The molecule has 0 amide bonds. The second-order valence-electron chi connectivity index (χ2n) is 2.76. The molecule has 0 aromatic heterocycles. The van der Waals surface area contributed by atoms with Gasteiger partial charge in [-0.2, -0.15) is 13.2 Å². The summed E-state index contributed by atoms with van der Waals surface area (Å²) in [6.07, 6.45) is -4.32. The van der Waals surface area contributed by atoms with E-state index in [-0.39, 0.29) is 5.69 Å². The molecule has 0 spiro atoms. The van der Waals surface area contributed by atoms with Crippen LogP contribution < -0.4 is 11.1 Å². The van der Waals surface area contributed by atoms with Gasteiger partial charge in [0.15, 0.2) is 0 Å². The Hall–Kier alpha value is -1.23. The Balaban J connectivity index is 2.92. The first-order valence-electron chi connectivity index (χ1n) is 4.16. The molecule has 0 saturated carbocycles. The highest BCUT2D eigenvalue weighted by molar-refractivity contribution is 5.52. The van der Waals surface area contributed by atoms with Crippen molar-refractivity contribution in [2.75, 3.05) is 18.4 Å². The van der Waals surface area contributed by atoms with Gasteiger partial charge in [-0.15, -0.1) is 0 Å². The van der Waals surface area contributed by atoms with Crippen LogP contribution in [0, 0.1) is 0 Å². The lowest BCUT2D eigenvalue weighted by Gasteiger charge is -2.13. The van der Waals surface area contributed by atoms with Crippen molar-refractivity contribution in [2.45, 2.75) is 6.18 Å². The van der Waals surface area contributed by atoms with E-state index in [0.717, 1.165) is 6.07 Å². The van der Waals surface area contributed by atoms with Crippen molar-refractivity contribution in [1.82, 2.24) is 0 Å². The average molecular weight is 204 g/mol. The van der Waals surface area contributed by atoms with E-state index in [1.54, 1.807) is 6.07 Å². The van der Waals surface area contributed by atoms with E-state index in [1.165, 1.54) is 12.1 Å². The number of para-hydroxylation sites is 1. The van der Waals surface area contributed by atoms with Crippen molar-refractivity contribution in [2.24, 2.45) is 5.73 Å². The average Bonchev–Trinajstić information content (AvgIpc) is 2.14. The van der Waals surface area contributed by atoms with Gasteiger partial charge in [-0.25, -0.2) is 0 Å². The summed E-state index contributed by atoms with van der Waals surface area (Å²) in [5, 5.41) is 2.62. The number of halogens is 3. The predicted octanol–water partition coefficient (Wildman–Crippen LogP) is 2.08. The molecule has 0 fully saturated rings. The SMILES string of the molecule is NCCNc1ccccc1C(F)(F)F. The molecule has 0 unspecified atom stereocenters. The molecule has 0 aliphatic heterocycles. The molecule has 5 heteroatoms. The van der Waals surface area contributed by atoms with E-state index < -0.39 is 11.7 Å². The first-order chi connectivity index (χ1) is 6.55. The number of nitrogens with two attached hydrogens (primary N) is 1. The molecule has 0 heterocycles. The van der Waals surface area contributed by atoms with Crippen LogP contribution in [0.4, 0.5) is 18.9 Å². The summed E-state index contributed by atoms with van der Waals surface area (Å²) in [5.74, 6) is 0. The summed E-state index contributed by atoms with van der Waals surface area (Å²) < 4.78 is 37.2. The highest BCUT2D eigenvalue weighted by atomic mass is 19.4. The minimum Gasteiger partial charge on any atom is -0.383 e. The zero-order chi connectivity index (χ0) is 10.6. The number of benzene rings is 1. The van der Waals surface area contributed by atoms with Crippen LogP contribution in [0.2, 0.25) is 0 Å². The van der Waals surface area contributed by atoms with Gasteiger partial charge in [-0.3, -0.25) is 0 Å². The third kappa shape index (κ3) is 2.63. The highest BCUT2D eigenvalue weighted by Crippen LogP contribution is 2.34. The van der Waals surface area contributed by atoms with E-state index in [1.807, 2.05) is 0 Å². The number of alkyl halides is 3. The zero-order valence-electron chi connectivity index (χ0n) is 7.43. The molecule has 1 aromatic rings. The van der Waals surface area contributed by atoms with E-state index in [2.05, 4.69) is 5.32 Å². The van der Waals surface area contributed by atoms with E-state index in [4.69, 9.17) is 5.73 Å². The van der Waals surface area contributed by atoms with Crippen LogP contribution in [0.1, 0.15) is 5.56 Å². The van der Waals surface area contributed by atoms with Gasteiger partial charge in [0.1, 0.15) is 0 Å². The number of rotatable bonds is 3. The monoisotopic (exact) mass is 204 g/mol. The van der Waals surface area contributed by atoms with Gasteiger partial charge >= 0.3 is 6.18 Å². The molecule has 0 atom stereocenters. The van der Waals surface area contributed by atoms with Crippen molar-refractivity contribution >= 4 is 5.69 Å². The van der Waals surface area contributed by atoms with Crippen LogP contribution in [0.25, 0.3) is 0 Å². The van der Waals surface area contributed by atoms with Crippen molar-refractivity contribution in [3.63, 3.8) is 0 Å². The molecule has 3 N–H and O–H groups in total. The quantitative estimate of drug-likeness (QED) is 0.791. The number of anilines is 1. The van der Waals surface area contributed by atoms with Gasteiger partial charge in [0.2, 0.25) is 0 Å². The van der Waals surface area contributed by atoms with Gasteiger partial charge in [0.05, 0.1) is 5.56 Å². The predicted molar refractivity (Wildman–Crippen MR) is 49.0 cm³/mol. The lowest BCUT2D eigenvalue weighted by molar-refractivity contribution is -0.136. The first-order valence-corrected chi connectivity index (χ1v) is 4.16. The summed E-state index contributed by atoms with van der Waals surface area (Å²) in [4.78, 5) is 0. The Morgan fingerprint density at radius 3 is 2.43 bits per heavy atom. The molecule has 2 nitrogen and oxygen atoms in total. The topological polar surface area (TPSA) is 38.0 Å². The molecule has 0 aliphatic carbocycles. The van der Waals surface area contributed by atoms with E-state index in [0.29, 0.717) is 13.1 Å². The molecule has 1 rings (SSSR count). The number of hydrogen-bond donors (Lipinski definition) is 2. The van der Waals surface area contributed by atoms with Crippen LogP contribution in [-0.2, 0) is 6.18 Å². The lowest BCUT2D eigenvalue weighted by atomic mass is 10.1. The second-order valence-corrected chi connectivity index (χ2v) is 2.76. The zero-order valence-corrected chi connectivity index (χ0v) is 7.43. The van der Waals surface area contributed by atoms with Crippen molar-refractivity contribution < 1.29 is 13.2 Å². The largest absolute Gasteiger partial charge is 0.418 e. The van der Waals surface area contributed by atoms with Gasteiger partial charge in [-0.05, 0) is 12.1 Å². The summed E-state index contributed by atoms with van der Waals surface area (Å²) in [7, 11) is 0. The normalized spacial score (nSPS) is 11.4. The Labute approximate surface area is 79.9 Å². The van der Waals surface area contributed by atoms with Crippen LogP contribution in [-0.4, -0.2) is 13.1 Å². The number of nitrogens with one attached hydrogen (secondary N) is 1. The van der Waals surface area contributed by atoms with Crippen LogP contribution in [0.3, 0.4) is 0 Å². The Morgan fingerprint density at radius 1 is 1.21 bits per heavy atom. The van der Waals surface area contributed by atoms with Gasteiger partial charge in [0, 0.05) is 18.8 Å². The van der Waals surface area contributed by atoms with Crippen molar-refractivity contribution in [3.05, 3.63) is 29.8 Å². The number of hydrogen-bond acceptors (Lipinski definition) is 2. The third-order valence-corrected chi connectivity index (χ3v) is 1.69. The summed E-state index contributed by atoms with van der Waals surface area (Å²) in [6, 6.07) is 5.34. The molecule has 14 heavy (non-hydrogen) atoms. The molecule has 78 valence electrons. The third-order valence-electron chi connectivity index (χ3n) is 1.69. The van der Waals surface area contributed by atoms with Gasteiger partial charge < -0.3 is 11.1 Å². The standard InChI is InChI=1S/C9H11F3N2/c10-9(11,12)7-3-1-2-4-8(7)14-6-5-13/h1-4,14H,5-6,13H2. The Bertz CT molecular complexity index is 296. The van der Waals surface area contributed by atoms with Crippen molar-refractivity contribution in [1.29, 1.82) is 0 Å². The second kappa shape index (κ2) is 4.32. The lowest BCUT2D eigenvalue weighted by Crippen LogP contribution is -2.16. The van der Waals surface area contributed by atoms with E-state index >= 15 is 0 Å². The van der Waals surface area contributed by atoms with Crippen LogP contribution in [0.15, 0.2) is 24.3 Å². The molecule has 0 saturated heterocycles. The first kappa shape index (κ1) is 10.8. The molecule has 0 radical (unpaired) electrons. The maximum atomic E-state index is 12.4. The minimum absolute atomic E-state index is 0.0745. The molecular weight excluding hydrogens is 193 g/mol. The smallest absolute Gasteiger partial charge is 0.383 e. The molecule has 0 bridgehead atoms. The van der Waals surface area contributed by atoms with Crippen molar-refractivity contribution in [3.8, 4) is 0 Å². The molecular formula is C9H11F3N2. The van der Waals surface area contributed by atoms with Gasteiger partial charge in [-0.1, -0.05) is 12.1 Å². The van der Waals surface area contributed by atoms with Crippen LogP contribution in [0.5, 0.6) is 0 Å². The maximum absolute atomic E-state index is 12.4.